The molecule has 0 fully saturated rings. The van der Waals surface area contributed by atoms with Gasteiger partial charge in [0.2, 0.25) is 17.0 Å². The Labute approximate surface area is 173 Å². The lowest BCUT2D eigenvalue weighted by atomic mass is 9.88. The molecule has 1 aromatic heterocycles. The molecule has 2 aromatic carbocycles. The summed E-state index contributed by atoms with van der Waals surface area (Å²) in [4.78, 5) is 16.8. The zero-order valence-corrected chi connectivity index (χ0v) is 16.7. The van der Waals surface area contributed by atoms with Crippen molar-refractivity contribution in [3.8, 4) is 5.75 Å². The van der Waals surface area contributed by atoms with Gasteiger partial charge < -0.3 is 15.8 Å². The highest BCUT2D eigenvalue weighted by Crippen LogP contribution is 2.39. The molecule has 2 atom stereocenters. The minimum atomic E-state index is -0.664. The van der Waals surface area contributed by atoms with Gasteiger partial charge in [0.25, 0.3) is 0 Å². The second kappa shape index (κ2) is 8.00. The van der Waals surface area contributed by atoms with E-state index in [0.29, 0.717) is 22.6 Å². The van der Waals surface area contributed by atoms with Gasteiger partial charge in [-0.2, -0.15) is 4.98 Å². The molecular weight excluding hydrogens is 386 g/mol. The summed E-state index contributed by atoms with van der Waals surface area (Å²) in [6, 6.07) is 17.2. The van der Waals surface area contributed by atoms with E-state index in [1.807, 2.05) is 42.5 Å². The van der Waals surface area contributed by atoms with Crippen molar-refractivity contribution in [1.29, 1.82) is 0 Å². The van der Waals surface area contributed by atoms with Crippen LogP contribution in [0.4, 0.5) is 5.95 Å². The fraction of sp³-hybridized carbons (Fsp3) is 0.190. The van der Waals surface area contributed by atoms with Gasteiger partial charge in [0.1, 0.15) is 11.7 Å². The Balaban J connectivity index is 1.70. The topological polar surface area (TPSA) is 95.1 Å². The highest BCUT2D eigenvalue weighted by molar-refractivity contribution is 7.98. The number of hydrogen-bond acceptors (Lipinski definition) is 6. The van der Waals surface area contributed by atoms with Crippen molar-refractivity contribution in [2.45, 2.75) is 17.0 Å². The Kier molecular flexibility index (Phi) is 5.26. The fourth-order valence-corrected chi connectivity index (χ4v) is 4.19. The van der Waals surface area contributed by atoms with E-state index >= 15 is 0 Å². The van der Waals surface area contributed by atoms with Crippen molar-refractivity contribution in [2.75, 3.05) is 12.4 Å². The number of nitrogens with zero attached hydrogens (tertiary/aromatic N) is 3. The minimum absolute atomic E-state index is 0.454. The van der Waals surface area contributed by atoms with Crippen LogP contribution >= 0.6 is 11.8 Å². The van der Waals surface area contributed by atoms with Gasteiger partial charge in [-0.05, 0) is 23.3 Å². The highest BCUT2D eigenvalue weighted by Gasteiger charge is 2.39. The monoisotopic (exact) mass is 407 g/mol. The quantitative estimate of drug-likeness (QED) is 0.609. The predicted molar refractivity (Wildman–Crippen MR) is 113 cm³/mol. The first kappa shape index (κ1) is 19.1. The third-order valence-corrected chi connectivity index (χ3v) is 5.70. The summed E-state index contributed by atoms with van der Waals surface area (Å²) in [7, 11) is 1.60. The van der Waals surface area contributed by atoms with E-state index in [0.717, 1.165) is 11.3 Å². The SMILES string of the molecule is C=C1Nc2nc(SCc3ccccc3)nn2[C@@H](c2cccc(OC)c2)[C@@H]1C(N)=O. The standard InChI is InChI=1S/C21H21N5O2S/c1-13-17(19(22)27)18(15-9-6-10-16(11-15)28-2)26-20(23-13)24-21(25-26)29-12-14-7-4-3-5-8-14/h3-11,17-18H,1,12H2,2H3,(H2,22,27)(H,23,24,25)/t17-,18+/m1/s1. The molecule has 0 spiro atoms. The number of nitrogens with two attached hydrogens (primary N) is 1. The van der Waals surface area contributed by atoms with Crippen molar-refractivity contribution in [2.24, 2.45) is 11.7 Å². The lowest BCUT2D eigenvalue weighted by Gasteiger charge is -2.32. The number of fused-ring (bicyclic) bond motifs is 1. The van der Waals surface area contributed by atoms with Crippen LogP contribution in [0.25, 0.3) is 0 Å². The van der Waals surface area contributed by atoms with Crippen LogP contribution in [0.5, 0.6) is 5.75 Å². The number of benzene rings is 2. The molecule has 148 valence electrons. The average molecular weight is 407 g/mol. The van der Waals surface area contributed by atoms with Crippen molar-refractivity contribution in [3.63, 3.8) is 0 Å². The maximum absolute atomic E-state index is 12.3. The van der Waals surface area contributed by atoms with Gasteiger partial charge in [-0.3, -0.25) is 4.79 Å². The van der Waals surface area contributed by atoms with Crippen LogP contribution < -0.4 is 15.8 Å². The van der Waals surface area contributed by atoms with Gasteiger partial charge in [-0.25, -0.2) is 4.68 Å². The predicted octanol–water partition coefficient (Wildman–Crippen LogP) is 3.21. The molecule has 0 unspecified atom stereocenters. The Morgan fingerprint density at radius 1 is 1.28 bits per heavy atom. The maximum Gasteiger partial charge on any atom is 0.229 e. The summed E-state index contributed by atoms with van der Waals surface area (Å²) < 4.78 is 7.06. The number of amides is 1. The molecule has 0 radical (unpaired) electrons. The highest BCUT2D eigenvalue weighted by atomic mass is 32.2. The number of anilines is 1. The third kappa shape index (κ3) is 3.84. The van der Waals surface area contributed by atoms with Crippen LogP contribution in [0.2, 0.25) is 0 Å². The molecule has 3 N–H and O–H groups in total. The van der Waals surface area contributed by atoms with E-state index in [4.69, 9.17) is 10.5 Å². The van der Waals surface area contributed by atoms with E-state index in [9.17, 15) is 4.79 Å². The number of methoxy groups -OCH3 is 1. The first-order valence-corrected chi connectivity index (χ1v) is 10.1. The second-order valence-corrected chi connectivity index (χ2v) is 7.63. The van der Waals surface area contributed by atoms with E-state index in [1.54, 1.807) is 11.8 Å². The molecule has 0 saturated carbocycles. The van der Waals surface area contributed by atoms with Gasteiger partial charge in [-0.1, -0.05) is 60.8 Å². The molecule has 8 heteroatoms. The number of aromatic nitrogens is 3. The average Bonchev–Trinajstić information content (AvgIpc) is 3.14. The van der Waals surface area contributed by atoms with Crippen LogP contribution in [0.15, 0.2) is 72.0 Å². The number of nitrogens with one attached hydrogen (secondary N) is 1. The molecule has 0 saturated heterocycles. The van der Waals surface area contributed by atoms with Crippen LogP contribution in [0.1, 0.15) is 17.2 Å². The minimum Gasteiger partial charge on any atom is -0.497 e. The van der Waals surface area contributed by atoms with E-state index in [2.05, 4.69) is 34.1 Å². The first-order valence-electron chi connectivity index (χ1n) is 9.09. The Hall–Kier alpha value is -3.26. The zero-order valence-electron chi connectivity index (χ0n) is 15.9. The van der Waals surface area contributed by atoms with Gasteiger partial charge in [0.15, 0.2) is 0 Å². The largest absolute Gasteiger partial charge is 0.497 e. The van der Waals surface area contributed by atoms with Crippen LogP contribution in [-0.4, -0.2) is 27.8 Å². The number of hydrogen-bond donors (Lipinski definition) is 2. The summed E-state index contributed by atoms with van der Waals surface area (Å²) >= 11 is 1.53. The molecule has 1 amide bonds. The Bertz CT molecular complexity index is 1050. The summed E-state index contributed by atoms with van der Waals surface area (Å²) in [6.45, 7) is 4.01. The molecule has 2 heterocycles. The second-order valence-electron chi connectivity index (χ2n) is 6.69. The summed E-state index contributed by atoms with van der Waals surface area (Å²) in [5, 5.41) is 8.36. The third-order valence-electron chi connectivity index (χ3n) is 4.79. The normalized spacial score (nSPS) is 18.0. The fourth-order valence-electron chi connectivity index (χ4n) is 3.41. The van der Waals surface area contributed by atoms with E-state index in [-0.39, 0.29) is 0 Å². The first-order chi connectivity index (χ1) is 14.1. The molecule has 1 aliphatic heterocycles. The van der Waals surface area contributed by atoms with Crippen LogP contribution in [-0.2, 0) is 10.5 Å². The van der Waals surface area contributed by atoms with Crippen molar-refractivity contribution >= 4 is 23.6 Å². The van der Waals surface area contributed by atoms with Crippen LogP contribution in [0, 0.1) is 5.92 Å². The van der Waals surface area contributed by atoms with Gasteiger partial charge in [-0.15, -0.1) is 5.10 Å². The number of primary amides is 1. The van der Waals surface area contributed by atoms with Crippen molar-refractivity contribution in [3.05, 3.63) is 78.0 Å². The number of carbonyl (C=O) groups is 1. The van der Waals surface area contributed by atoms with E-state index < -0.39 is 17.9 Å². The van der Waals surface area contributed by atoms with Crippen molar-refractivity contribution in [1.82, 2.24) is 14.8 Å². The number of carbonyl (C=O) groups excluding carboxylic acids is 1. The summed E-state index contributed by atoms with van der Waals surface area (Å²) in [6.07, 6.45) is 0. The molecule has 0 bridgehead atoms. The van der Waals surface area contributed by atoms with Crippen LogP contribution in [0.3, 0.4) is 0 Å². The summed E-state index contributed by atoms with van der Waals surface area (Å²) in [5.41, 5.74) is 8.25. The number of ether oxygens (including phenoxy) is 1. The van der Waals surface area contributed by atoms with Crippen molar-refractivity contribution < 1.29 is 9.53 Å². The lowest BCUT2D eigenvalue weighted by molar-refractivity contribution is -0.121. The Morgan fingerprint density at radius 3 is 2.79 bits per heavy atom. The Morgan fingerprint density at radius 2 is 2.07 bits per heavy atom. The van der Waals surface area contributed by atoms with Gasteiger partial charge in [0, 0.05) is 11.4 Å². The zero-order chi connectivity index (χ0) is 20.4. The molecule has 1 aliphatic rings. The number of rotatable bonds is 6. The maximum atomic E-state index is 12.3. The molecule has 7 nitrogen and oxygen atoms in total. The lowest BCUT2D eigenvalue weighted by Crippen LogP contribution is -2.40. The molecule has 0 aliphatic carbocycles. The molecular formula is C21H21N5O2S. The summed E-state index contributed by atoms with van der Waals surface area (Å²) in [5.74, 6) is 0.832. The molecule has 4 rings (SSSR count). The smallest absolute Gasteiger partial charge is 0.229 e. The molecule has 3 aromatic rings. The number of thioether (sulfide) groups is 1. The van der Waals surface area contributed by atoms with E-state index in [1.165, 1.54) is 17.3 Å². The van der Waals surface area contributed by atoms with Gasteiger partial charge >= 0.3 is 0 Å². The molecule has 29 heavy (non-hydrogen) atoms. The van der Waals surface area contributed by atoms with Gasteiger partial charge in [0.05, 0.1) is 13.2 Å².